The Bertz CT molecular complexity index is 537. The van der Waals surface area contributed by atoms with Gasteiger partial charge in [0, 0.05) is 31.2 Å². The van der Waals surface area contributed by atoms with Gasteiger partial charge in [-0.15, -0.1) is 0 Å². The van der Waals surface area contributed by atoms with Crippen LogP contribution >= 0.6 is 0 Å². The largest absolute Gasteiger partial charge is 0.364 e. The lowest BCUT2D eigenvalue weighted by Crippen LogP contribution is -2.26. The average Bonchev–Trinajstić information content (AvgIpc) is 2.34. The molecule has 7 heteroatoms. The van der Waals surface area contributed by atoms with Gasteiger partial charge >= 0.3 is 0 Å². The quantitative estimate of drug-likeness (QED) is 0.782. The molecule has 0 amide bonds. The van der Waals surface area contributed by atoms with Gasteiger partial charge in [0.25, 0.3) is 5.56 Å². The summed E-state index contributed by atoms with van der Waals surface area (Å²) in [6.07, 6.45) is 4.01. The Morgan fingerprint density at radius 1 is 1.39 bits per heavy atom. The van der Waals surface area contributed by atoms with Crippen LogP contribution in [-0.4, -0.2) is 36.0 Å². The standard InChI is InChI=1S/C11H19N3O3S/c1-3-7-14-8-5-12-10(11(14)15)13-6-9-18(16,17)4-2/h5,8H,3-4,6-7,9H2,1-2H3,(H,12,13). The van der Waals surface area contributed by atoms with Gasteiger partial charge in [-0.25, -0.2) is 13.4 Å². The van der Waals surface area contributed by atoms with Crippen molar-refractivity contribution in [2.75, 3.05) is 23.4 Å². The molecule has 1 rings (SSSR count). The molecule has 1 aromatic heterocycles. The lowest BCUT2D eigenvalue weighted by atomic mass is 10.4. The first-order valence-corrected chi connectivity index (χ1v) is 7.82. The van der Waals surface area contributed by atoms with E-state index in [4.69, 9.17) is 0 Å². The number of rotatable bonds is 7. The summed E-state index contributed by atoms with van der Waals surface area (Å²) >= 11 is 0. The number of aryl methyl sites for hydroxylation is 1. The molecule has 1 aromatic rings. The van der Waals surface area contributed by atoms with Gasteiger partial charge in [-0.3, -0.25) is 4.79 Å². The minimum atomic E-state index is -3.02. The predicted octanol–water partition coefficient (Wildman–Crippen LogP) is 0.500. The average molecular weight is 273 g/mol. The van der Waals surface area contributed by atoms with Crippen molar-refractivity contribution < 1.29 is 8.42 Å². The van der Waals surface area contributed by atoms with Crippen LogP contribution in [0.15, 0.2) is 17.2 Å². The molecule has 0 atom stereocenters. The summed E-state index contributed by atoms with van der Waals surface area (Å²) in [7, 11) is -3.02. The van der Waals surface area contributed by atoms with Crippen LogP contribution in [0.5, 0.6) is 0 Å². The molecule has 0 saturated heterocycles. The fourth-order valence-electron chi connectivity index (χ4n) is 1.45. The van der Waals surface area contributed by atoms with E-state index in [0.29, 0.717) is 6.54 Å². The number of aromatic nitrogens is 2. The third kappa shape index (κ3) is 4.14. The number of nitrogens with one attached hydrogen (secondary N) is 1. The summed E-state index contributed by atoms with van der Waals surface area (Å²) in [5.41, 5.74) is -0.215. The second kappa shape index (κ2) is 6.53. The maximum Gasteiger partial charge on any atom is 0.293 e. The molecule has 0 fully saturated rings. The highest BCUT2D eigenvalue weighted by molar-refractivity contribution is 7.91. The molecule has 1 heterocycles. The van der Waals surface area contributed by atoms with Crippen molar-refractivity contribution in [2.24, 2.45) is 0 Å². The lowest BCUT2D eigenvalue weighted by Gasteiger charge is -2.08. The van der Waals surface area contributed by atoms with E-state index < -0.39 is 9.84 Å². The van der Waals surface area contributed by atoms with Crippen molar-refractivity contribution in [1.29, 1.82) is 0 Å². The maximum atomic E-state index is 11.9. The van der Waals surface area contributed by atoms with Gasteiger partial charge in [-0.2, -0.15) is 0 Å². The minimum absolute atomic E-state index is 0.00723. The summed E-state index contributed by atoms with van der Waals surface area (Å²) in [5, 5.41) is 2.78. The van der Waals surface area contributed by atoms with Crippen molar-refractivity contribution in [3.8, 4) is 0 Å². The van der Waals surface area contributed by atoms with Crippen molar-refractivity contribution in [3.05, 3.63) is 22.7 Å². The first kappa shape index (κ1) is 14.7. The molecule has 0 bridgehead atoms. The number of hydrogen-bond acceptors (Lipinski definition) is 5. The number of anilines is 1. The van der Waals surface area contributed by atoms with Crippen LogP contribution in [0, 0.1) is 0 Å². The Labute approximate surface area is 107 Å². The van der Waals surface area contributed by atoms with E-state index in [0.717, 1.165) is 6.42 Å². The molecule has 0 spiro atoms. The van der Waals surface area contributed by atoms with Crippen LogP contribution in [0.1, 0.15) is 20.3 Å². The highest BCUT2D eigenvalue weighted by Gasteiger charge is 2.08. The summed E-state index contributed by atoms with van der Waals surface area (Å²) in [6.45, 7) is 4.41. The smallest absolute Gasteiger partial charge is 0.293 e. The van der Waals surface area contributed by atoms with Crippen molar-refractivity contribution in [2.45, 2.75) is 26.8 Å². The van der Waals surface area contributed by atoms with Crippen molar-refractivity contribution in [1.82, 2.24) is 9.55 Å². The Hall–Kier alpha value is -1.37. The van der Waals surface area contributed by atoms with E-state index in [1.165, 1.54) is 6.20 Å². The number of hydrogen-bond donors (Lipinski definition) is 1. The minimum Gasteiger partial charge on any atom is -0.364 e. The monoisotopic (exact) mass is 273 g/mol. The molecule has 0 aliphatic carbocycles. The summed E-state index contributed by atoms with van der Waals surface area (Å²) < 4.78 is 24.2. The normalized spacial score (nSPS) is 11.4. The molecule has 1 N–H and O–H groups in total. The second-order valence-corrected chi connectivity index (χ2v) is 6.41. The van der Waals surface area contributed by atoms with E-state index >= 15 is 0 Å². The molecular weight excluding hydrogens is 254 g/mol. The SMILES string of the molecule is CCCn1ccnc(NCCS(=O)(=O)CC)c1=O. The zero-order valence-corrected chi connectivity index (χ0v) is 11.5. The van der Waals surface area contributed by atoms with E-state index in [-0.39, 0.29) is 29.4 Å². The van der Waals surface area contributed by atoms with Crippen LogP contribution in [0.3, 0.4) is 0 Å². The van der Waals surface area contributed by atoms with Crippen molar-refractivity contribution in [3.63, 3.8) is 0 Å². The Balaban J connectivity index is 2.69. The zero-order valence-electron chi connectivity index (χ0n) is 10.7. The summed E-state index contributed by atoms with van der Waals surface area (Å²) in [4.78, 5) is 15.8. The van der Waals surface area contributed by atoms with E-state index in [1.807, 2.05) is 6.92 Å². The predicted molar refractivity (Wildman–Crippen MR) is 71.6 cm³/mol. The molecule has 102 valence electrons. The van der Waals surface area contributed by atoms with Gasteiger partial charge in [0.15, 0.2) is 15.7 Å². The van der Waals surface area contributed by atoms with Gasteiger partial charge in [0.2, 0.25) is 0 Å². The van der Waals surface area contributed by atoms with E-state index in [2.05, 4.69) is 10.3 Å². The number of sulfone groups is 1. The molecule has 0 aliphatic heterocycles. The number of nitrogens with zero attached hydrogens (tertiary/aromatic N) is 2. The zero-order chi connectivity index (χ0) is 13.6. The third-order valence-corrected chi connectivity index (χ3v) is 4.23. The molecule has 6 nitrogen and oxygen atoms in total. The van der Waals surface area contributed by atoms with Gasteiger partial charge in [-0.05, 0) is 6.42 Å². The highest BCUT2D eigenvalue weighted by Crippen LogP contribution is 1.95. The Morgan fingerprint density at radius 2 is 2.11 bits per heavy atom. The summed E-state index contributed by atoms with van der Waals surface area (Å²) in [6, 6.07) is 0. The van der Waals surface area contributed by atoms with Gasteiger partial charge in [0.1, 0.15) is 0 Å². The molecule has 0 unspecified atom stereocenters. The van der Waals surface area contributed by atoms with Crippen LogP contribution in [0.2, 0.25) is 0 Å². The Morgan fingerprint density at radius 3 is 2.72 bits per heavy atom. The molecular formula is C11H19N3O3S. The van der Waals surface area contributed by atoms with Crippen LogP contribution in [-0.2, 0) is 16.4 Å². The van der Waals surface area contributed by atoms with Gasteiger partial charge < -0.3 is 9.88 Å². The van der Waals surface area contributed by atoms with Gasteiger partial charge in [0.05, 0.1) is 5.75 Å². The molecule has 18 heavy (non-hydrogen) atoms. The fourth-order valence-corrected chi connectivity index (χ4v) is 2.16. The first-order valence-electron chi connectivity index (χ1n) is 6.00. The Kier molecular flexibility index (Phi) is 5.33. The van der Waals surface area contributed by atoms with Crippen molar-refractivity contribution >= 4 is 15.7 Å². The van der Waals surface area contributed by atoms with Crippen LogP contribution < -0.4 is 10.9 Å². The van der Waals surface area contributed by atoms with Gasteiger partial charge in [-0.1, -0.05) is 13.8 Å². The van der Waals surface area contributed by atoms with E-state index in [1.54, 1.807) is 17.7 Å². The molecule has 0 aliphatic rings. The first-order chi connectivity index (χ1) is 8.50. The topological polar surface area (TPSA) is 81.1 Å². The van der Waals surface area contributed by atoms with Crippen LogP contribution in [0.25, 0.3) is 0 Å². The fraction of sp³-hybridized carbons (Fsp3) is 0.636. The maximum absolute atomic E-state index is 11.9. The van der Waals surface area contributed by atoms with Crippen LogP contribution in [0.4, 0.5) is 5.82 Å². The van der Waals surface area contributed by atoms with E-state index in [9.17, 15) is 13.2 Å². The third-order valence-electron chi connectivity index (χ3n) is 2.52. The molecule has 0 saturated carbocycles. The molecule has 0 radical (unpaired) electrons. The summed E-state index contributed by atoms with van der Waals surface area (Å²) in [5.74, 6) is 0.321. The lowest BCUT2D eigenvalue weighted by molar-refractivity contribution is 0.597. The second-order valence-electron chi connectivity index (χ2n) is 3.94. The molecule has 0 aromatic carbocycles. The highest BCUT2D eigenvalue weighted by atomic mass is 32.2.